The highest BCUT2D eigenvalue weighted by Gasteiger charge is 2.28. The minimum absolute atomic E-state index is 0.0175. The Morgan fingerprint density at radius 1 is 0.806 bits per heavy atom. The molecule has 0 saturated heterocycles. The van der Waals surface area contributed by atoms with Crippen LogP contribution in [0.4, 0.5) is 0 Å². The van der Waals surface area contributed by atoms with E-state index < -0.39 is 35.8 Å². The molecule has 0 radical (unpaired) electrons. The number of hydrogen-bond donors (Lipinski definition) is 2. The summed E-state index contributed by atoms with van der Waals surface area (Å²) in [6.45, 7) is 5.41. The largest absolute Gasteiger partial charge is 0.489 e. The molecule has 2 aromatic carbocycles. The van der Waals surface area contributed by atoms with Crippen molar-refractivity contribution in [2.24, 2.45) is 0 Å². The number of carbonyl (C=O) groups excluding carboxylic acids is 4. The second kappa shape index (κ2) is 15.2. The molecule has 0 saturated carbocycles. The van der Waals surface area contributed by atoms with E-state index in [0.29, 0.717) is 12.4 Å². The van der Waals surface area contributed by atoms with E-state index in [4.69, 9.17) is 14.2 Å². The van der Waals surface area contributed by atoms with Gasteiger partial charge in [0, 0.05) is 19.8 Å². The minimum Gasteiger partial charge on any atom is -0.489 e. The zero-order valence-corrected chi connectivity index (χ0v) is 21.0. The fraction of sp³-hybridized carbons (Fsp3) is 0.407. The molecule has 0 bridgehead atoms. The number of ether oxygens (including phenoxy) is 3. The summed E-state index contributed by atoms with van der Waals surface area (Å²) >= 11 is 0. The van der Waals surface area contributed by atoms with Crippen LogP contribution in [-0.2, 0) is 41.7 Å². The van der Waals surface area contributed by atoms with Crippen LogP contribution in [0.5, 0.6) is 5.75 Å². The van der Waals surface area contributed by atoms with Crippen molar-refractivity contribution in [3.05, 3.63) is 65.7 Å². The van der Waals surface area contributed by atoms with Gasteiger partial charge in [-0.2, -0.15) is 0 Å². The molecule has 36 heavy (non-hydrogen) atoms. The van der Waals surface area contributed by atoms with Crippen LogP contribution in [-0.4, -0.2) is 49.1 Å². The van der Waals surface area contributed by atoms with E-state index in [-0.39, 0.29) is 32.5 Å². The third kappa shape index (κ3) is 10.2. The van der Waals surface area contributed by atoms with E-state index in [1.165, 1.54) is 6.92 Å². The smallest absolute Gasteiger partial charge is 0.328 e. The van der Waals surface area contributed by atoms with Crippen molar-refractivity contribution in [2.45, 2.75) is 58.7 Å². The zero-order valence-electron chi connectivity index (χ0n) is 21.0. The van der Waals surface area contributed by atoms with Crippen molar-refractivity contribution in [1.82, 2.24) is 10.6 Å². The summed E-state index contributed by atoms with van der Waals surface area (Å²) in [5, 5.41) is 5.24. The summed E-state index contributed by atoms with van der Waals surface area (Å²) < 4.78 is 15.7. The Kier molecular flexibility index (Phi) is 12.0. The Labute approximate surface area is 211 Å². The van der Waals surface area contributed by atoms with Gasteiger partial charge in [0.2, 0.25) is 11.8 Å². The molecule has 194 valence electrons. The van der Waals surface area contributed by atoms with Crippen LogP contribution in [0.1, 0.15) is 44.7 Å². The Hall–Kier alpha value is -3.88. The van der Waals surface area contributed by atoms with Gasteiger partial charge in [-0.25, -0.2) is 4.79 Å². The van der Waals surface area contributed by atoms with Crippen LogP contribution in [0.25, 0.3) is 0 Å². The molecule has 0 aromatic heterocycles. The van der Waals surface area contributed by atoms with E-state index in [1.54, 1.807) is 26.0 Å². The summed E-state index contributed by atoms with van der Waals surface area (Å²) in [5.74, 6) is -1.41. The summed E-state index contributed by atoms with van der Waals surface area (Å²) in [6.07, 6.45) is 0.147. The molecular weight excluding hydrogens is 464 g/mol. The van der Waals surface area contributed by atoms with Crippen molar-refractivity contribution in [1.29, 1.82) is 0 Å². The quantitative estimate of drug-likeness (QED) is 0.384. The normalized spacial score (nSPS) is 12.1. The van der Waals surface area contributed by atoms with Crippen LogP contribution in [0.3, 0.4) is 0 Å². The highest BCUT2D eigenvalue weighted by Crippen LogP contribution is 2.16. The van der Waals surface area contributed by atoms with Gasteiger partial charge in [0.25, 0.3) is 0 Å². The molecule has 0 heterocycles. The van der Waals surface area contributed by atoms with Crippen molar-refractivity contribution < 1.29 is 33.4 Å². The van der Waals surface area contributed by atoms with E-state index in [0.717, 1.165) is 11.1 Å². The molecule has 9 heteroatoms. The zero-order chi connectivity index (χ0) is 26.3. The number of nitrogens with one attached hydrogen (secondary N) is 2. The molecule has 9 nitrogen and oxygen atoms in total. The van der Waals surface area contributed by atoms with Gasteiger partial charge in [0.05, 0.1) is 13.2 Å². The van der Waals surface area contributed by atoms with Crippen LogP contribution >= 0.6 is 0 Å². The van der Waals surface area contributed by atoms with Gasteiger partial charge in [-0.1, -0.05) is 42.5 Å². The predicted octanol–water partition coefficient (Wildman–Crippen LogP) is 2.70. The second-order valence-corrected chi connectivity index (χ2v) is 8.03. The summed E-state index contributed by atoms with van der Waals surface area (Å²) in [4.78, 5) is 48.9. The lowest BCUT2D eigenvalue weighted by Crippen LogP contribution is -2.52. The highest BCUT2D eigenvalue weighted by atomic mass is 16.5. The molecule has 0 fully saturated rings. The lowest BCUT2D eigenvalue weighted by molar-refractivity contribution is -0.149. The Bertz CT molecular complexity index is 993. The first-order valence-corrected chi connectivity index (χ1v) is 12.0. The lowest BCUT2D eigenvalue weighted by Gasteiger charge is -2.22. The van der Waals surface area contributed by atoms with Crippen LogP contribution in [0.2, 0.25) is 0 Å². The number of rotatable bonds is 14. The molecule has 2 aromatic rings. The molecular formula is C27H34N2O7. The molecule has 2 unspecified atom stereocenters. The van der Waals surface area contributed by atoms with E-state index in [2.05, 4.69) is 10.6 Å². The van der Waals surface area contributed by atoms with Crippen molar-refractivity contribution in [3.8, 4) is 5.75 Å². The molecule has 2 N–H and O–H groups in total. The summed E-state index contributed by atoms with van der Waals surface area (Å²) in [5.41, 5.74) is 1.83. The Morgan fingerprint density at radius 3 is 2.08 bits per heavy atom. The fourth-order valence-corrected chi connectivity index (χ4v) is 3.41. The van der Waals surface area contributed by atoms with Crippen molar-refractivity contribution in [2.75, 3.05) is 13.2 Å². The van der Waals surface area contributed by atoms with Crippen molar-refractivity contribution in [3.63, 3.8) is 0 Å². The first kappa shape index (κ1) is 28.4. The Balaban J connectivity index is 2.03. The van der Waals surface area contributed by atoms with Gasteiger partial charge < -0.3 is 24.8 Å². The molecule has 0 aliphatic rings. The van der Waals surface area contributed by atoms with Crippen LogP contribution < -0.4 is 15.4 Å². The van der Waals surface area contributed by atoms with Crippen LogP contribution in [0.15, 0.2) is 54.6 Å². The third-order valence-electron chi connectivity index (χ3n) is 5.14. The topological polar surface area (TPSA) is 120 Å². The number of carbonyl (C=O) groups is 4. The number of amides is 2. The first-order chi connectivity index (χ1) is 17.3. The van der Waals surface area contributed by atoms with Gasteiger partial charge >= 0.3 is 11.9 Å². The van der Waals surface area contributed by atoms with E-state index >= 15 is 0 Å². The maximum absolute atomic E-state index is 13.0. The van der Waals surface area contributed by atoms with Crippen LogP contribution in [0, 0.1) is 0 Å². The van der Waals surface area contributed by atoms with Gasteiger partial charge in [0.1, 0.15) is 24.4 Å². The molecule has 0 spiro atoms. The molecule has 2 atom stereocenters. The van der Waals surface area contributed by atoms with E-state index in [9.17, 15) is 19.2 Å². The van der Waals surface area contributed by atoms with Gasteiger partial charge in [0.15, 0.2) is 0 Å². The number of benzene rings is 2. The monoisotopic (exact) mass is 498 g/mol. The number of esters is 2. The van der Waals surface area contributed by atoms with E-state index in [1.807, 2.05) is 42.5 Å². The average Bonchev–Trinajstić information content (AvgIpc) is 2.86. The second-order valence-electron chi connectivity index (χ2n) is 8.03. The standard InChI is InChI=1S/C27H34N2O7/c1-4-34-25(31)16-15-23(27(33)35-5-2)29-26(32)24(28-19(3)30)17-20-11-13-22(14-12-20)36-18-21-9-7-6-8-10-21/h6-14,23-24H,4-5,15-18H2,1-3H3,(H,28,30)(H,29,32). The molecule has 0 aliphatic heterocycles. The Morgan fingerprint density at radius 2 is 1.47 bits per heavy atom. The van der Waals surface area contributed by atoms with Gasteiger partial charge in [-0.15, -0.1) is 0 Å². The minimum atomic E-state index is -1.05. The first-order valence-electron chi connectivity index (χ1n) is 12.0. The third-order valence-corrected chi connectivity index (χ3v) is 5.14. The maximum Gasteiger partial charge on any atom is 0.328 e. The summed E-state index contributed by atoms with van der Waals surface area (Å²) in [7, 11) is 0. The fourth-order valence-electron chi connectivity index (χ4n) is 3.41. The SMILES string of the molecule is CCOC(=O)CCC(NC(=O)C(Cc1ccc(OCc2ccccc2)cc1)NC(C)=O)C(=O)OCC. The number of hydrogen-bond acceptors (Lipinski definition) is 7. The highest BCUT2D eigenvalue weighted by molar-refractivity contribution is 5.90. The molecule has 0 aliphatic carbocycles. The predicted molar refractivity (Wildman–Crippen MR) is 133 cm³/mol. The van der Waals surface area contributed by atoms with Crippen molar-refractivity contribution >= 4 is 23.8 Å². The maximum atomic E-state index is 13.0. The van der Waals surface area contributed by atoms with Gasteiger partial charge in [-0.3, -0.25) is 14.4 Å². The van der Waals surface area contributed by atoms with Gasteiger partial charge in [-0.05, 0) is 43.5 Å². The average molecular weight is 499 g/mol. The summed E-state index contributed by atoms with van der Waals surface area (Å²) in [6, 6.07) is 15.0. The molecule has 2 rings (SSSR count). The molecule has 2 amide bonds. The lowest BCUT2D eigenvalue weighted by atomic mass is 10.0.